The van der Waals surface area contributed by atoms with Crippen LogP contribution in [-0.2, 0) is 0 Å². The first-order valence-corrected chi connectivity index (χ1v) is 20.5. The Bertz CT molecular complexity index is 3290. The lowest BCUT2D eigenvalue weighted by atomic mass is 9.95. The second-order valence-corrected chi connectivity index (χ2v) is 15.3. The van der Waals surface area contributed by atoms with Crippen molar-refractivity contribution in [3.8, 4) is 55.8 Å². The summed E-state index contributed by atoms with van der Waals surface area (Å²) in [6.07, 6.45) is 0. The molecule has 11 aromatic rings. The van der Waals surface area contributed by atoms with Gasteiger partial charge in [0.25, 0.3) is 0 Å². The number of benzene rings is 10. The molecule has 0 amide bonds. The molecule has 0 bridgehead atoms. The normalized spacial score (nSPS) is 11.3. The van der Waals surface area contributed by atoms with Gasteiger partial charge in [0, 0.05) is 33.2 Å². The van der Waals surface area contributed by atoms with E-state index in [-0.39, 0.29) is 0 Å². The molecule has 0 N–H and O–H groups in total. The number of rotatable bonds is 8. The van der Waals surface area contributed by atoms with Gasteiger partial charge >= 0.3 is 0 Å². The summed E-state index contributed by atoms with van der Waals surface area (Å²) in [5.41, 5.74) is 14.6. The molecule has 2 nitrogen and oxygen atoms in total. The van der Waals surface area contributed by atoms with Crippen LogP contribution in [0.4, 0.5) is 17.1 Å². The van der Waals surface area contributed by atoms with E-state index in [9.17, 15) is 0 Å². The van der Waals surface area contributed by atoms with Crippen molar-refractivity contribution in [2.75, 3.05) is 4.90 Å². The van der Waals surface area contributed by atoms with Crippen LogP contribution in [0.5, 0.6) is 0 Å². The van der Waals surface area contributed by atoms with Gasteiger partial charge < -0.3 is 9.32 Å². The van der Waals surface area contributed by atoms with Gasteiger partial charge in [-0.1, -0.05) is 200 Å². The minimum absolute atomic E-state index is 0.887. The Labute approximate surface area is 349 Å². The van der Waals surface area contributed by atoms with Crippen LogP contribution < -0.4 is 4.90 Å². The molecule has 0 aliphatic rings. The van der Waals surface area contributed by atoms with Gasteiger partial charge in [0.1, 0.15) is 11.3 Å². The molecule has 0 saturated heterocycles. The van der Waals surface area contributed by atoms with Crippen molar-refractivity contribution in [1.82, 2.24) is 0 Å². The average molecular weight is 766 g/mol. The Morgan fingerprint density at radius 3 is 1.58 bits per heavy atom. The van der Waals surface area contributed by atoms with Gasteiger partial charge in [-0.05, 0) is 85.9 Å². The van der Waals surface area contributed by atoms with E-state index in [2.05, 4.69) is 229 Å². The Kier molecular flexibility index (Phi) is 8.87. The molecular formula is C58H39NO. The maximum atomic E-state index is 6.56. The largest absolute Gasteiger partial charge is 0.455 e. The summed E-state index contributed by atoms with van der Waals surface area (Å²) in [6, 6.07) is 84.7. The number of hydrogen-bond acceptors (Lipinski definition) is 2. The topological polar surface area (TPSA) is 16.4 Å². The van der Waals surface area contributed by atoms with Crippen LogP contribution in [0.1, 0.15) is 0 Å². The SMILES string of the molecule is c1ccc(-c2ccccc2N(c2ccc(-c3ccc(-c4cccc(-c5oc6ccccc6c5-c5ccccc5)c4)cc3)cc2)c2cc3ccccc3c3ccccc23)cc1. The van der Waals surface area contributed by atoms with Gasteiger partial charge in [-0.15, -0.1) is 0 Å². The Hall–Kier alpha value is -7.94. The average Bonchev–Trinajstić information content (AvgIpc) is 3.73. The zero-order valence-electron chi connectivity index (χ0n) is 32.9. The zero-order chi connectivity index (χ0) is 39.8. The summed E-state index contributed by atoms with van der Waals surface area (Å²) in [4.78, 5) is 2.43. The standard InChI is InChI=1S/C58H39NO/c1-3-16-43(17-4-1)50-24-11-13-28-54(50)59(55-39-46-20-7-8-23-49(46)51-25-9-10-26-52(51)55)48-36-34-41(35-37-48)40-30-32-42(33-31-40)45-21-15-22-47(38-45)58-57(44-18-5-2-6-19-44)53-27-12-14-29-56(53)60-58/h1-39H. The van der Waals surface area contributed by atoms with Gasteiger partial charge in [-0.3, -0.25) is 0 Å². The van der Waals surface area contributed by atoms with Crippen LogP contribution in [0, 0.1) is 0 Å². The van der Waals surface area contributed by atoms with Crippen molar-refractivity contribution in [2.24, 2.45) is 0 Å². The van der Waals surface area contributed by atoms with Crippen molar-refractivity contribution in [3.05, 3.63) is 237 Å². The van der Waals surface area contributed by atoms with Crippen molar-refractivity contribution in [3.63, 3.8) is 0 Å². The highest BCUT2D eigenvalue weighted by Gasteiger charge is 2.21. The minimum Gasteiger partial charge on any atom is -0.455 e. The maximum Gasteiger partial charge on any atom is 0.143 e. The van der Waals surface area contributed by atoms with Gasteiger partial charge in [0.05, 0.1) is 11.4 Å². The fraction of sp³-hybridized carbons (Fsp3) is 0. The summed E-state index contributed by atoms with van der Waals surface area (Å²) in [7, 11) is 0. The summed E-state index contributed by atoms with van der Waals surface area (Å²) < 4.78 is 6.56. The van der Waals surface area contributed by atoms with E-state index in [0.717, 1.165) is 72.7 Å². The number of hydrogen-bond donors (Lipinski definition) is 0. The molecule has 1 aromatic heterocycles. The Morgan fingerprint density at radius 2 is 0.833 bits per heavy atom. The third kappa shape index (κ3) is 6.32. The second kappa shape index (κ2) is 15.1. The van der Waals surface area contributed by atoms with Crippen LogP contribution in [0.2, 0.25) is 0 Å². The van der Waals surface area contributed by atoms with E-state index < -0.39 is 0 Å². The van der Waals surface area contributed by atoms with E-state index in [4.69, 9.17) is 4.42 Å². The molecule has 0 aliphatic carbocycles. The van der Waals surface area contributed by atoms with Crippen molar-refractivity contribution in [1.29, 1.82) is 0 Å². The smallest absolute Gasteiger partial charge is 0.143 e. The molecule has 282 valence electrons. The monoisotopic (exact) mass is 765 g/mol. The number of nitrogens with zero attached hydrogens (tertiary/aromatic N) is 1. The quantitative estimate of drug-likeness (QED) is 0.143. The molecular weight excluding hydrogens is 727 g/mol. The number of para-hydroxylation sites is 2. The molecule has 0 radical (unpaired) electrons. The van der Waals surface area contributed by atoms with E-state index in [1.807, 2.05) is 12.1 Å². The van der Waals surface area contributed by atoms with Crippen molar-refractivity contribution < 1.29 is 4.42 Å². The first kappa shape index (κ1) is 35.2. The van der Waals surface area contributed by atoms with Crippen molar-refractivity contribution in [2.45, 2.75) is 0 Å². The van der Waals surface area contributed by atoms with Gasteiger partial charge in [-0.25, -0.2) is 0 Å². The predicted molar refractivity (Wildman–Crippen MR) is 253 cm³/mol. The highest BCUT2D eigenvalue weighted by Crippen LogP contribution is 2.46. The van der Waals surface area contributed by atoms with E-state index >= 15 is 0 Å². The predicted octanol–water partition coefficient (Wildman–Crippen LogP) is 16.5. The number of furan rings is 1. The Balaban J connectivity index is 0.966. The first-order valence-electron chi connectivity index (χ1n) is 20.5. The Morgan fingerprint density at radius 1 is 0.300 bits per heavy atom. The van der Waals surface area contributed by atoms with Crippen LogP contribution in [0.3, 0.4) is 0 Å². The maximum absolute atomic E-state index is 6.56. The second-order valence-electron chi connectivity index (χ2n) is 15.3. The van der Waals surface area contributed by atoms with Gasteiger partial charge in [0.15, 0.2) is 0 Å². The highest BCUT2D eigenvalue weighted by atomic mass is 16.3. The highest BCUT2D eigenvalue weighted by molar-refractivity contribution is 6.15. The molecule has 0 fully saturated rings. The lowest BCUT2D eigenvalue weighted by molar-refractivity contribution is 0.632. The lowest BCUT2D eigenvalue weighted by Crippen LogP contribution is -2.12. The van der Waals surface area contributed by atoms with E-state index in [0.29, 0.717) is 0 Å². The van der Waals surface area contributed by atoms with Gasteiger partial charge in [0.2, 0.25) is 0 Å². The van der Waals surface area contributed by atoms with Crippen LogP contribution in [-0.4, -0.2) is 0 Å². The fourth-order valence-electron chi connectivity index (χ4n) is 8.80. The van der Waals surface area contributed by atoms with Crippen molar-refractivity contribution >= 4 is 49.6 Å². The number of fused-ring (bicyclic) bond motifs is 4. The molecule has 11 rings (SSSR count). The molecule has 0 unspecified atom stereocenters. The zero-order valence-corrected chi connectivity index (χ0v) is 32.9. The summed E-state index contributed by atoms with van der Waals surface area (Å²) in [6.45, 7) is 0. The third-order valence-electron chi connectivity index (χ3n) is 11.7. The summed E-state index contributed by atoms with van der Waals surface area (Å²) in [5, 5.41) is 6.03. The third-order valence-corrected chi connectivity index (χ3v) is 11.7. The molecule has 60 heavy (non-hydrogen) atoms. The molecule has 0 atom stereocenters. The minimum atomic E-state index is 0.887. The lowest BCUT2D eigenvalue weighted by Gasteiger charge is -2.29. The van der Waals surface area contributed by atoms with E-state index in [1.165, 1.54) is 32.7 Å². The molecule has 0 spiro atoms. The number of anilines is 3. The van der Waals surface area contributed by atoms with Crippen LogP contribution in [0.25, 0.3) is 88.3 Å². The first-order chi connectivity index (χ1) is 29.8. The fourth-order valence-corrected chi connectivity index (χ4v) is 8.80. The summed E-state index contributed by atoms with van der Waals surface area (Å²) >= 11 is 0. The molecule has 0 saturated carbocycles. The van der Waals surface area contributed by atoms with Crippen LogP contribution in [0.15, 0.2) is 241 Å². The van der Waals surface area contributed by atoms with E-state index in [1.54, 1.807) is 0 Å². The molecule has 1 heterocycles. The van der Waals surface area contributed by atoms with Gasteiger partial charge in [-0.2, -0.15) is 0 Å². The molecule has 10 aromatic carbocycles. The van der Waals surface area contributed by atoms with Crippen LogP contribution >= 0.6 is 0 Å². The summed E-state index contributed by atoms with van der Waals surface area (Å²) in [5.74, 6) is 0.887. The molecule has 2 heteroatoms. The molecule has 0 aliphatic heterocycles.